The number of hydrogen-bond acceptors (Lipinski definition) is 3. The normalized spacial score (nSPS) is 17.5. The van der Waals surface area contributed by atoms with Crippen LogP contribution in [-0.4, -0.2) is 40.5 Å². The van der Waals surface area contributed by atoms with E-state index in [2.05, 4.69) is 9.97 Å². The number of fused-ring (bicyclic) bond motifs is 1. The number of halogens is 3. The highest BCUT2D eigenvalue weighted by Crippen LogP contribution is 2.32. The third-order valence-electron chi connectivity index (χ3n) is 5.11. The van der Waals surface area contributed by atoms with Crippen LogP contribution in [0, 0.1) is 0 Å². The molecule has 1 aliphatic heterocycles. The summed E-state index contributed by atoms with van der Waals surface area (Å²) in [6.45, 7) is 1.10. The number of carbonyl (C=O) groups excluding carboxylic acids is 1. The lowest BCUT2D eigenvalue weighted by atomic mass is 9.95. The number of likely N-dealkylation sites (tertiary alicyclic amines) is 1. The number of piperidine rings is 1. The molecule has 0 aliphatic carbocycles. The topological polar surface area (TPSA) is 58.2 Å². The van der Waals surface area contributed by atoms with Crippen molar-refractivity contribution in [1.29, 1.82) is 0 Å². The highest BCUT2D eigenvalue weighted by molar-refractivity contribution is 5.78. The maximum Gasteiger partial charge on any atom is 0.433 e. The highest BCUT2D eigenvalue weighted by atomic mass is 19.4. The predicted molar refractivity (Wildman–Crippen MR) is 102 cm³/mol. The Morgan fingerprint density at radius 1 is 1.21 bits per heavy atom. The molecule has 0 bridgehead atoms. The van der Waals surface area contributed by atoms with Crippen LogP contribution in [0.15, 0.2) is 48.5 Å². The first-order valence-electron chi connectivity index (χ1n) is 9.42. The molecule has 0 spiro atoms. The number of alkyl halides is 3. The maximum absolute atomic E-state index is 12.9. The summed E-state index contributed by atoms with van der Waals surface area (Å²) >= 11 is 0. The second-order valence-electron chi connectivity index (χ2n) is 7.13. The molecule has 5 nitrogen and oxygen atoms in total. The van der Waals surface area contributed by atoms with Crippen molar-refractivity contribution in [2.75, 3.05) is 19.7 Å². The number of carbonyl (C=O) groups is 1. The van der Waals surface area contributed by atoms with Gasteiger partial charge in [0.05, 0.1) is 11.0 Å². The van der Waals surface area contributed by atoms with Crippen LogP contribution in [0.25, 0.3) is 11.0 Å². The van der Waals surface area contributed by atoms with Gasteiger partial charge in [-0.05, 0) is 43.2 Å². The van der Waals surface area contributed by atoms with E-state index in [1.807, 2.05) is 18.2 Å². The predicted octanol–water partition coefficient (Wildman–Crippen LogP) is 4.37. The molecular weight excluding hydrogens is 383 g/mol. The summed E-state index contributed by atoms with van der Waals surface area (Å²) in [5.41, 5.74) is 0.733. The van der Waals surface area contributed by atoms with Crippen LogP contribution < -0.4 is 4.74 Å². The standard InChI is InChI=1S/C21H20F3N3O2/c22-21(23,24)19-9-8-16-18(26-19)11-17(25-16)14-5-4-10-27(12-14)20(28)13-29-15-6-2-1-3-7-15/h1-3,6-9,11,14,25H,4-5,10,12-13H2/t14-/m0/s1. The SMILES string of the molecule is O=C(COc1ccccc1)N1CCC[C@H](c2cc3nc(C(F)(F)F)ccc3[nH]2)C1. The molecule has 1 aliphatic rings. The fourth-order valence-electron chi connectivity index (χ4n) is 3.62. The molecule has 0 unspecified atom stereocenters. The zero-order chi connectivity index (χ0) is 20.4. The molecule has 152 valence electrons. The Balaban J connectivity index is 1.44. The molecule has 29 heavy (non-hydrogen) atoms. The Bertz CT molecular complexity index is 1000. The van der Waals surface area contributed by atoms with Crippen LogP contribution in [0.5, 0.6) is 5.75 Å². The first-order chi connectivity index (χ1) is 13.9. The fraction of sp³-hybridized carbons (Fsp3) is 0.333. The van der Waals surface area contributed by atoms with E-state index in [1.165, 1.54) is 6.07 Å². The van der Waals surface area contributed by atoms with Crippen LogP contribution in [0.2, 0.25) is 0 Å². The van der Waals surface area contributed by atoms with Crippen molar-refractivity contribution in [3.63, 3.8) is 0 Å². The first kappa shape index (κ1) is 19.3. The quantitative estimate of drug-likeness (QED) is 0.704. The average molecular weight is 403 g/mol. The van der Waals surface area contributed by atoms with Gasteiger partial charge in [-0.3, -0.25) is 4.79 Å². The number of benzene rings is 1. The number of aromatic amines is 1. The molecular formula is C21H20F3N3O2. The van der Waals surface area contributed by atoms with Gasteiger partial charge in [0, 0.05) is 24.7 Å². The van der Waals surface area contributed by atoms with Crippen LogP contribution in [0.1, 0.15) is 30.1 Å². The van der Waals surface area contributed by atoms with Crippen molar-refractivity contribution >= 4 is 16.9 Å². The smallest absolute Gasteiger partial charge is 0.433 e. The molecule has 1 atom stereocenters. The molecule has 2 aromatic heterocycles. The van der Waals surface area contributed by atoms with Gasteiger partial charge in [-0.15, -0.1) is 0 Å². The number of hydrogen-bond donors (Lipinski definition) is 1. The lowest BCUT2D eigenvalue weighted by molar-refractivity contribution is -0.141. The van der Waals surface area contributed by atoms with E-state index in [4.69, 9.17) is 4.74 Å². The molecule has 4 rings (SSSR count). The summed E-state index contributed by atoms with van der Waals surface area (Å²) in [4.78, 5) is 21.2. The van der Waals surface area contributed by atoms with E-state index >= 15 is 0 Å². The fourth-order valence-corrected chi connectivity index (χ4v) is 3.62. The number of rotatable bonds is 4. The maximum atomic E-state index is 12.9. The van der Waals surface area contributed by atoms with Gasteiger partial charge in [0.15, 0.2) is 6.61 Å². The molecule has 8 heteroatoms. The van der Waals surface area contributed by atoms with Gasteiger partial charge in [-0.1, -0.05) is 18.2 Å². The van der Waals surface area contributed by atoms with Crippen LogP contribution >= 0.6 is 0 Å². The Hall–Kier alpha value is -3.03. The Kier molecular flexibility index (Phi) is 5.17. The summed E-state index contributed by atoms with van der Waals surface area (Å²) in [6, 6.07) is 13.2. The van der Waals surface area contributed by atoms with Crippen molar-refractivity contribution in [1.82, 2.24) is 14.9 Å². The van der Waals surface area contributed by atoms with Gasteiger partial charge in [0.25, 0.3) is 5.91 Å². The molecule has 1 fully saturated rings. The van der Waals surface area contributed by atoms with Gasteiger partial charge in [-0.2, -0.15) is 13.2 Å². The number of H-pyrrole nitrogens is 1. The van der Waals surface area contributed by atoms with Crippen LogP contribution in [0.4, 0.5) is 13.2 Å². The molecule has 1 N–H and O–H groups in total. The molecule has 3 aromatic rings. The summed E-state index contributed by atoms with van der Waals surface area (Å²) in [7, 11) is 0. The van der Waals surface area contributed by atoms with Gasteiger partial charge in [0.2, 0.25) is 0 Å². The van der Waals surface area contributed by atoms with Gasteiger partial charge < -0.3 is 14.6 Å². The summed E-state index contributed by atoms with van der Waals surface area (Å²) in [6.07, 6.45) is -2.81. The minimum absolute atomic E-state index is 0.0213. The highest BCUT2D eigenvalue weighted by Gasteiger charge is 2.33. The van der Waals surface area contributed by atoms with Crippen molar-refractivity contribution < 1.29 is 22.7 Å². The van der Waals surface area contributed by atoms with E-state index in [1.54, 1.807) is 23.1 Å². The third-order valence-corrected chi connectivity index (χ3v) is 5.11. The molecule has 1 amide bonds. The number of para-hydroxylation sites is 1. The van der Waals surface area contributed by atoms with Crippen molar-refractivity contribution in [2.24, 2.45) is 0 Å². The minimum atomic E-state index is -4.47. The number of pyridine rings is 1. The monoisotopic (exact) mass is 403 g/mol. The third kappa shape index (κ3) is 4.36. The van der Waals surface area contributed by atoms with E-state index in [9.17, 15) is 18.0 Å². The lowest BCUT2D eigenvalue weighted by Crippen LogP contribution is -2.41. The molecule has 3 heterocycles. The minimum Gasteiger partial charge on any atom is -0.484 e. The van der Waals surface area contributed by atoms with Gasteiger partial charge in [0.1, 0.15) is 11.4 Å². The lowest BCUT2D eigenvalue weighted by Gasteiger charge is -2.32. The van der Waals surface area contributed by atoms with Crippen molar-refractivity contribution in [2.45, 2.75) is 24.9 Å². The Morgan fingerprint density at radius 2 is 2.00 bits per heavy atom. The number of ether oxygens (including phenoxy) is 1. The van der Waals surface area contributed by atoms with Gasteiger partial charge >= 0.3 is 6.18 Å². The zero-order valence-electron chi connectivity index (χ0n) is 15.6. The van der Waals surface area contributed by atoms with E-state index in [0.29, 0.717) is 24.4 Å². The summed E-state index contributed by atoms with van der Waals surface area (Å²) in [5.74, 6) is 0.552. The second kappa shape index (κ2) is 7.77. The average Bonchev–Trinajstić information content (AvgIpc) is 3.16. The van der Waals surface area contributed by atoms with E-state index < -0.39 is 11.9 Å². The first-order valence-corrected chi connectivity index (χ1v) is 9.42. The van der Waals surface area contributed by atoms with Crippen molar-refractivity contribution in [3.8, 4) is 5.75 Å². The number of amides is 1. The van der Waals surface area contributed by atoms with Crippen LogP contribution in [0.3, 0.4) is 0 Å². The molecule has 1 saturated heterocycles. The van der Waals surface area contributed by atoms with Gasteiger partial charge in [-0.25, -0.2) is 4.98 Å². The summed E-state index contributed by atoms with van der Waals surface area (Å²) in [5, 5.41) is 0. The van der Waals surface area contributed by atoms with E-state index in [-0.39, 0.29) is 23.9 Å². The van der Waals surface area contributed by atoms with Crippen molar-refractivity contribution in [3.05, 3.63) is 59.9 Å². The molecule has 1 aromatic carbocycles. The second-order valence-corrected chi connectivity index (χ2v) is 7.13. The largest absolute Gasteiger partial charge is 0.484 e. The Morgan fingerprint density at radius 3 is 2.76 bits per heavy atom. The zero-order valence-corrected chi connectivity index (χ0v) is 15.6. The van der Waals surface area contributed by atoms with Crippen LogP contribution in [-0.2, 0) is 11.0 Å². The molecule has 0 radical (unpaired) electrons. The van der Waals surface area contributed by atoms with E-state index in [0.717, 1.165) is 24.6 Å². The molecule has 0 saturated carbocycles. The number of nitrogens with one attached hydrogen (secondary N) is 1. The Labute approximate surface area is 165 Å². The number of aromatic nitrogens is 2. The number of nitrogens with zero attached hydrogens (tertiary/aromatic N) is 2. The summed E-state index contributed by atoms with van der Waals surface area (Å²) < 4.78 is 44.2.